The average Bonchev–Trinajstić information content (AvgIpc) is 2.53. The summed E-state index contributed by atoms with van der Waals surface area (Å²) in [7, 11) is 0. The van der Waals surface area contributed by atoms with Crippen LogP contribution in [0, 0.1) is 0 Å². The van der Waals surface area contributed by atoms with E-state index in [1.54, 1.807) is 0 Å². The summed E-state index contributed by atoms with van der Waals surface area (Å²) in [4.78, 5) is 14.5. The van der Waals surface area contributed by atoms with Gasteiger partial charge in [0.25, 0.3) is 5.91 Å². The van der Waals surface area contributed by atoms with Gasteiger partial charge in [-0.15, -0.1) is 12.4 Å². The van der Waals surface area contributed by atoms with Crippen molar-refractivity contribution < 1.29 is 14.3 Å². The number of nitrogens with zero attached hydrogens (tertiary/aromatic N) is 1. The largest absolute Gasteiger partial charge is 0.373 e. The van der Waals surface area contributed by atoms with Gasteiger partial charge in [-0.2, -0.15) is 0 Å². The van der Waals surface area contributed by atoms with Crippen LogP contribution in [0.2, 0.25) is 0 Å². The van der Waals surface area contributed by atoms with Crippen LogP contribution in [0.5, 0.6) is 0 Å². The molecule has 116 valence electrons. The van der Waals surface area contributed by atoms with Crippen molar-refractivity contribution in [2.75, 3.05) is 32.8 Å². The quantitative estimate of drug-likeness (QED) is 0.881. The lowest BCUT2D eigenvalue weighted by Crippen LogP contribution is -2.50. The van der Waals surface area contributed by atoms with Gasteiger partial charge in [0.15, 0.2) is 6.10 Å². The van der Waals surface area contributed by atoms with E-state index in [4.69, 9.17) is 15.2 Å². The predicted molar refractivity (Wildman–Crippen MR) is 81.5 cm³/mol. The first-order chi connectivity index (χ1) is 9.79. The summed E-state index contributed by atoms with van der Waals surface area (Å²) in [6.45, 7) is 2.74. The number of hydrogen-bond acceptors (Lipinski definition) is 4. The monoisotopic (exact) mass is 312 g/mol. The smallest absolute Gasteiger partial charge is 0.256 e. The Bertz CT molecular complexity index is 498. The van der Waals surface area contributed by atoms with E-state index in [-0.39, 0.29) is 24.4 Å². The van der Waals surface area contributed by atoms with E-state index < -0.39 is 6.10 Å². The van der Waals surface area contributed by atoms with E-state index in [9.17, 15) is 4.79 Å². The average molecular weight is 313 g/mol. The molecule has 1 amide bonds. The third-order valence-corrected chi connectivity index (χ3v) is 3.93. The molecule has 0 saturated carbocycles. The van der Waals surface area contributed by atoms with Crippen molar-refractivity contribution in [1.82, 2.24) is 4.90 Å². The molecule has 1 aromatic rings. The van der Waals surface area contributed by atoms with E-state index in [1.807, 2.05) is 23.1 Å². The molecule has 0 aliphatic carbocycles. The SMILES string of the molecule is Cl.NCC1CN(C(=O)C2OCCc3ccccc32)CCO1. The molecule has 2 heterocycles. The first kappa shape index (κ1) is 16.2. The molecule has 1 saturated heterocycles. The van der Waals surface area contributed by atoms with E-state index in [0.717, 1.165) is 12.0 Å². The van der Waals surface area contributed by atoms with Crippen molar-refractivity contribution in [3.8, 4) is 0 Å². The lowest BCUT2D eigenvalue weighted by Gasteiger charge is -2.36. The van der Waals surface area contributed by atoms with Crippen LogP contribution in [0.3, 0.4) is 0 Å². The van der Waals surface area contributed by atoms with Crippen molar-refractivity contribution in [2.45, 2.75) is 18.6 Å². The van der Waals surface area contributed by atoms with E-state index in [0.29, 0.717) is 32.8 Å². The van der Waals surface area contributed by atoms with Crippen LogP contribution in [-0.2, 0) is 20.7 Å². The van der Waals surface area contributed by atoms with Crippen LogP contribution in [-0.4, -0.2) is 49.8 Å². The highest BCUT2D eigenvalue weighted by Gasteiger charge is 2.33. The lowest BCUT2D eigenvalue weighted by atomic mass is 9.96. The van der Waals surface area contributed by atoms with Crippen LogP contribution < -0.4 is 5.73 Å². The third-order valence-electron chi connectivity index (χ3n) is 3.93. The molecule has 2 N–H and O–H groups in total. The summed E-state index contributed by atoms with van der Waals surface area (Å²) in [5.74, 6) is 0.0268. The number of halogens is 1. The molecule has 6 heteroatoms. The highest BCUT2D eigenvalue weighted by molar-refractivity contribution is 5.85. The first-order valence-corrected chi connectivity index (χ1v) is 7.09. The molecular formula is C15H21ClN2O3. The number of hydrogen-bond donors (Lipinski definition) is 1. The van der Waals surface area contributed by atoms with Gasteiger partial charge in [-0.05, 0) is 17.5 Å². The molecule has 0 spiro atoms. The number of carbonyl (C=O) groups is 1. The van der Waals surface area contributed by atoms with Gasteiger partial charge in [0, 0.05) is 19.6 Å². The van der Waals surface area contributed by atoms with Crippen molar-refractivity contribution in [2.24, 2.45) is 5.73 Å². The summed E-state index contributed by atoms with van der Waals surface area (Å²) >= 11 is 0. The Morgan fingerprint density at radius 3 is 2.90 bits per heavy atom. The lowest BCUT2D eigenvalue weighted by molar-refractivity contribution is -0.152. The second-order valence-electron chi connectivity index (χ2n) is 5.21. The maximum Gasteiger partial charge on any atom is 0.256 e. The minimum Gasteiger partial charge on any atom is -0.373 e. The molecule has 2 aliphatic rings. The molecule has 0 aromatic heterocycles. The molecule has 1 fully saturated rings. The molecule has 2 unspecified atom stereocenters. The summed E-state index contributed by atoms with van der Waals surface area (Å²) < 4.78 is 11.2. The molecule has 2 atom stereocenters. The second-order valence-corrected chi connectivity index (χ2v) is 5.21. The number of morpholine rings is 1. The molecule has 0 radical (unpaired) electrons. The maximum atomic E-state index is 12.7. The van der Waals surface area contributed by atoms with Gasteiger partial charge in [0.2, 0.25) is 0 Å². The predicted octanol–water partition coefficient (Wildman–Crippen LogP) is 0.908. The fraction of sp³-hybridized carbons (Fsp3) is 0.533. The number of amides is 1. The summed E-state index contributed by atoms with van der Waals surface area (Å²) in [5, 5.41) is 0. The van der Waals surface area contributed by atoms with Crippen molar-refractivity contribution in [3.05, 3.63) is 35.4 Å². The van der Waals surface area contributed by atoms with Crippen LogP contribution >= 0.6 is 12.4 Å². The Labute approximate surface area is 130 Å². The number of ether oxygens (including phenoxy) is 2. The van der Waals surface area contributed by atoms with Gasteiger partial charge in [-0.25, -0.2) is 0 Å². The number of carbonyl (C=O) groups excluding carboxylic acids is 1. The normalized spacial score (nSPS) is 24.9. The molecule has 5 nitrogen and oxygen atoms in total. The highest BCUT2D eigenvalue weighted by Crippen LogP contribution is 2.29. The Hall–Kier alpha value is -1.14. The summed E-state index contributed by atoms with van der Waals surface area (Å²) in [5.41, 5.74) is 7.84. The summed E-state index contributed by atoms with van der Waals surface area (Å²) in [6, 6.07) is 8.01. The molecule has 3 rings (SSSR count). The van der Waals surface area contributed by atoms with Crippen molar-refractivity contribution in [3.63, 3.8) is 0 Å². The Morgan fingerprint density at radius 2 is 2.10 bits per heavy atom. The summed E-state index contributed by atoms with van der Waals surface area (Å²) in [6.07, 6.45) is 0.331. The standard InChI is InChI=1S/C15H20N2O3.ClH/c16-9-12-10-17(6-8-19-12)15(18)14-13-4-2-1-3-11(13)5-7-20-14;/h1-4,12,14H,5-10,16H2;1H. The van der Waals surface area contributed by atoms with Crippen molar-refractivity contribution in [1.29, 1.82) is 0 Å². The first-order valence-electron chi connectivity index (χ1n) is 7.09. The number of rotatable bonds is 2. The van der Waals surface area contributed by atoms with Gasteiger partial charge < -0.3 is 20.1 Å². The minimum absolute atomic E-state index is 0. The Morgan fingerprint density at radius 1 is 1.29 bits per heavy atom. The topological polar surface area (TPSA) is 64.8 Å². The zero-order valence-electron chi connectivity index (χ0n) is 11.9. The van der Waals surface area contributed by atoms with Crippen LogP contribution in [0.15, 0.2) is 24.3 Å². The van der Waals surface area contributed by atoms with E-state index in [2.05, 4.69) is 6.07 Å². The van der Waals surface area contributed by atoms with E-state index in [1.165, 1.54) is 5.56 Å². The number of benzene rings is 1. The van der Waals surface area contributed by atoms with Crippen LogP contribution in [0.4, 0.5) is 0 Å². The molecule has 21 heavy (non-hydrogen) atoms. The molecule has 0 bridgehead atoms. The zero-order chi connectivity index (χ0) is 13.9. The minimum atomic E-state index is -0.475. The fourth-order valence-corrected chi connectivity index (χ4v) is 2.83. The number of nitrogens with two attached hydrogens (primary N) is 1. The van der Waals surface area contributed by atoms with Crippen LogP contribution in [0.1, 0.15) is 17.2 Å². The molecular weight excluding hydrogens is 292 g/mol. The second kappa shape index (κ2) is 7.22. The van der Waals surface area contributed by atoms with Crippen molar-refractivity contribution >= 4 is 18.3 Å². The molecule has 2 aliphatic heterocycles. The highest BCUT2D eigenvalue weighted by atomic mass is 35.5. The fourth-order valence-electron chi connectivity index (χ4n) is 2.83. The van der Waals surface area contributed by atoms with Gasteiger partial charge in [-0.1, -0.05) is 24.3 Å². The van der Waals surface area contributed by atoms with Gasteiger partial charge in [0.05, 0.1) is 19.3 Å². The van der Waals surface area contributed by atoms with E-state index >= 15 is 0 Å². The maximum absolute atomic E-state index is 12.7. The van der Waals surface area contributed by atoms with Gasteiger partial charge in [0.1, 0.15) is 0 Å². The number of fused-ring (bicyclic) bond motifs is 1. The Kier molecular flexibility index (Phi) is 5.58. The molecule has 1 aromatic carbocycles. The van der Waals surface area contributed by atoms with Crippen LogP contribution in [0.25, 0.3) is 0 Å². The zero-order valence-corrected chi connectivity index (χ0v) is 12.7. The third kappa shape index (κ3) is 3.37. The van der Waals surface area contributed by atoms with Gasteiger partial charge >= 0.3 is 0 Å². The Balaban J connectivity index is 0.00000161. The van der Waals surface area contributed by atoms with Gasteiger partial charge in [-0.3, -0.25) is 4.79 Å².